The molecule has 2 rings (SSSR count). The number of aromatic nitrogens is 1. The van der Waals surface area contributed by atoms with Gasteiger partial charge in [-0.3, -0.25) is 4.72 Å². The Kier molecular flexibility index (Phi) is 4.61. The number of sulfonamides is 1. The van der Waals surface area contributed by atoms with Gasteiger partial charge in [-0.2, -0.15) is 0 Å². The van der Waals surface area contributed by atoms with Crippen LogP contribution in [0.5, 0.6) is 0 Å². The van der Waals surface area contributed by atoms with Gasteiger partial charge >= 0.3 is 0 Å². The molecule has 0 aliphatic rings. The molecular weight excluding hydrogens is 310 g/mol. The number of aryl methyl sites for hydroxylation is 2. The van der Waals surface area contributed by atoms with Crippen molar-refractivity contribution in [2.24, 2.45) is 5.73 Å². The van der Waals surface area contributed by atoms with Crippen molar-refractivity contribution in [2.45, 2.75) is 31.8 Å². The lowest BCUT2D eigenvalue weighted by Gasteiger charge is -2.11. The summed E-state index contributed by atoms with van der Waals surface area (Å²) >= 11 is 6.06. The number of anilines is 1. The first-order valence-electron chi connectivity index (χ1n) is 6.56. The van der Waals surface area contributed by atoms with Gasteiger partial charge in [0.2, 0.25) is 0 Å². The molecule has 1 aromatic carbocycles. The van der Waals surface area contributed by atoms with Crippen LogP contribution in [0.15, 0.2) is 35.4 Å². The second-order valence-electron chi connectivity index (χ2n) is 4.69. The van der Waals surface area contributed by atoms with E-state index < -0.39 is 10.0 Å². The maximum absolute atomic E-state index is 12.5. The van der Waals surface area contributed by atoms with Crippen LogP contribution in [-0.4, -0.2) is 13.0 Å². The van der Waals surface area contributed by atoms with Crippen molar-refractivity contribution in [1.29, 1.82) is 0 Å². The van der Waals surface area contributed by atoms with Gasteiger partial charge in [0.1, 0.15) is 4.90 Å². The van der Waals surface area contributed by atoms with Crippen molar-refractivity contribution in [2.75, 3.05) is 4.72 Å². The Labute approximate surface area is 129 Å². The van der Waals surface area contributed by atoms with Gasteiger partial charge in [-0.1, -0.05) is 23.7 Å². The molecule has 21 heavy (non-hydrogen) atoms. The smallest absolute Gasteiger partial charge is 0.263 e. The van der Waals surface area contributed by atoms with E-state index in [2.05, 4.69) is 4.72 Å². The molecule has 0 saturated heterocycles. The molecule has 0 radical (unpaired) electrons. The molecule has 0 atom stereocenters. The lowest BCUT2D eigenvalue weighted by atomic mass is 10.2. The second-order valence-corrected chi connectivity index (χ2v) is 6.78. The molecule has 1 aromatic heterocycles. The molecule has 1 heterocycles. The Bertz CT molecular complexity index is 712. The Morgan fingerprint density at radius 3 is 2.62 bits per heavy atom. The van der Waals surface area contributed by atoms with Crippen LogP contribution >= 0.6 is 11.6 Å². The Morgan fingerprint density at radius 2 is 2.10 bits per heavy atom. The highest BCUT2D eigenvalue weighted by Gasteiger charge is 2.19. The summed E-state index contributed by atoms with van der Waals surface area (Å²) in [5.74, 6) is 0. The lowest BCUT2D eigenvalue weighted by molar-refractivity contribution is 0.600. The fourth-order valence-corrected chi connectivity index (χ4v) is 3.63. The SMILES string of the molecule is CCn1cc(S(=O)(=O)Nc2c(C)cccc2Cl)cc1CN. The third-order valence-electron chi connectivity index (χ3n) is 3.28. The number of hydrogen-bond acceptors (Lipinski definition) is 3. The van der Waals surface area contributed by atoms with E-state index in [0.717, 1.165) is 11.3 Å². The van der Waals surface area contributed by atoms with Gasteiger partial charge in [-0.15, -0.1) is 0 Å². The van der Waals surface area contributed by atoms with Crippen LogP contribution in [0, 0.1) is 6.92 Å². The average molecular weight is 328 g/mol. The highest BCUT2D eigenvalue weighted by molar-refractivity contribution is 7.92. The molecular formula is C14H18ClN3O2S. The molecule has 0 aliphatic carbocycles. The normalized spacial score (nSPS) is 11.6. The molecule has 0 amide bonds. The summed E-state index contributed by atoms with van der Waals surface area (Å²) in [6, 6.07) is 6.80. The number of halogens is 1. The van der Waals surface area contributed by atoms with E-state index in [1.807, 2.05) is 11.5 Å². The molecule has 7 heteroatoms. The van der Waals surface area contributed by atoms with Gasteiger partial charge in [-0.05, 0) is 31.5 Å². The molecule has 3 N–H and O–H groups in total. The summed E-state index contributed by atoms with van der Waals surface area (Å²) in [5.41, 5.74) is 7.56. The molecule has 0 fully saturated rings. The zero-order chi connectivity index (χ0) is 15.6. The van der Waals surface area contributed by atoms with Crippen LogP contribution in [0.1, 0.15) is 18.2 Å². The van der Waals surface area contributed by atoms with Crippen LogP contribution in [0.2, 0.25) is 5.02 Å². The molecule has 0 spiro atoms. The number of para-hydroxylation sites is 1. The summed E-state index contributed by atoms with van der Waals surface area (Å²) in [6.45, 7) is 4.68. The minimum atomic E-state index is -3.69. The first-order valence-corrected chi connectivity index (χ1v) is 8.42. The number of hydrogen-bond donors (Lipinski definition) is 2. The fourth-order valence-electron chi connectivity index (χ4n) is 2.09. The third-order valence-corrected chi connectivity index (χ3v) is 4.91. The van der Waals surface area contributed by atoms with Gasteiger partial charge in [0.05, 0.1) is 10.7 Å². The predicted molar refractivity (Wildman–Crippen MR) is 85.0 cm³/mol. The van der Waals surface area contributed by atoms with Crippen LogP contribution < -0.4 is 10.5 Å². The number of rotatable bonds is 5. The first kappa shape index (κ1) is 15.9. The summed E-state index contributed by atoms with van der Waals surface area (Å²) in [6.07, 6.45) is 1.58. The van der Waals surface area contributed by atoms with Gasteiger partial charge in [0, 0.05) is 25.0 Å². The number of benzene rings is 1. The topological polar surface area (TPSA) is 77.1 Å². The Hall–Kier alpha value is -1.50. The van der Waals surface area contributed by atoms with E-state index in [4.69, 9.17) is 17.3 Å². The van der Waals surface area contributed by atoms with Crippen LogP contribution in [0.4, 0.5) is 5.69 Å². The largest absolute Gasteiger partial charge is 0.349 e. The van der Waals surface area contributed by atoms with E-state index in [1.54, 1.807) is 37.4 Å². The number of nitrogens with one attached hydrogen (secondary N) is 1. The van der Waals surface area contributed by atoms with Crippen LogP contribution in [-0.2, 0) is 23.1 Å². The van der Waals surface area contributed by atoms with Crippen molar-refractivity contribution in [1.82, 2.24) is 4.57 Å². The van der Waals surface area contributed by atoms with Crippen molar-refractivity contribution in [3.8, 4) is 0 Å². The standard InChI is InChI=1S/C14H18ClN3O2S/c1-3-18-9-12(7-11(18)8-16)21(19,20)17-14-10(2)5-4-6-13(14)15/h4-7,9,17H,3,8,16H2,1-2H3. The Morgan fingerprint density at radius 1 is 1.38 bits per heavy atom. The van der Waals surface area contributed by atoms with Crippen LogP contribution in [0.25, 0.3) is 0 Å². The summed E-state index contributed by atoms with van der Waals surface area (Å²) in [4.78, 5) is 0.184. The lowest BCUT2D eigenvalue weighted by Crippen LogP contribution is -2.13. The maximum Gasteiger partial charge on any atom is 0.263 e. The van der Waals surface area contributed by atoms with E-state index in [9.17, 15) is 8.42 Å². The van der Waals surface area contributed by atoms with Gasteiger partial charge in [-0.25, -0.2) is 8.42 Å². The maximum atomic E-state index is 12.5. The van der Waals surface area contributed by atoms with Crippen molar-refractivity contribution < 1.29 is 8.42 Å². The van der Waals surface area contributed by atoms with E-state index in [1.165, 1.54) is 0 Å². The minimum absolute atomic E-state index is 0.184. The minimum Gasteiger partial charge on any atom is -0.349 e. The molecule has 0 aliphatic heterocycles. The molecule has 0 bridgehead atoms. The average Bonchev–Trinajstić information content (AvgIpc) is 2.87. The fraction of sp³-hybridized carbons (Fsp3) is 0.286. The molecule has 2 aromatic rings. The first-order chi connectivity index (χ1) is 9.89. The van der Waals surface area contributed by atoms with E-state index in [-0.39, 0.29) is 11.4 Å². The van der Waals surface area contributed by atoms with Crippen molar-refractivity contribution in [3.05, 3.63) is 46.7 Å². The third kappa shape index (κ3) is 3.23. The molecule has 0 unspecified atom stereocenters. The molecule has 0 saturated carbocycles. The monoisotopic (exact) mass is 327 g/mol. The van der Waals surface area contributed by atoms with Crippen molar-refractivity contribution >= 4 is 27.3 Å². The predicted octanol–water partition coefficient (Wildman–Crippen LogP) is 2.73. The quantitative estimate of drug-likeness (QED) is 0.886. The number of nitrogens with zero attached hydrogens (tertiary/aromatic N) is 1. The molecule has 114 valence electrons. The van der Waals surface area contributed by atoms with E-state index in [0.29, 0.717) is 17.3 Å². The highest BCUT2D eigenvalue weighted by atomic mass is 35.5. The highest BCUT2D eigenvalue weighted by Crippen LogP contribution is 2.28. The second kappa shape index (κ2) is 6.09. The Balaban J connectivity index is 2.41. The molecule has 5 nitrogen and oxygen atoms in total. The zero-order valence-electron chi connectivity index (χ0n) is 11.9. The number of nitrogens with two attached hydrogens (primary N) is 1. The van der Waals surface area contributed by atoms with Crippen molar-refractivity contribution in [3.63, 3.8) is 0 Å². The van der Waals surface area contributed by atoms with Gasteiger partial charge in [0.15, 0.2) is 0 Å². The van der Waals surface area contributed by atoms with Gasteiger partial charge < -0.3 is 10.3 Å². The van der Waals surface area contributed by atoms with E-state index >= 15 is 0 Å². The van der Waals surface area contributed by atoms with Crippen LogP contribution in [0.3, 0.4) is 0 Å². The van der Waals surface area contributed by atoms with Gasteiger partial charge in [0.25, 0.3) is 10.0 Å². The summed E-state index contributed by atoms with van der Waals surface area (Å²) in [7, 11) is -3.69. The zero-order valence-corrected chi connectivity index (χ0v) is 13.5. The summed E-state index contributed by atoms with van der Waals surface area (Å²) < 4.78 is 29.3. The summed E-state index contributed by atoms with van der Waals surface area (Å²) in [5, 5.41) is 0.368.